The normalized spacial score (nSPS) is 36.6. The van der Waals surface area contributed by atoms with Crippen LogP contribution in [0.25, 0.3) is 0 Å². The van der Waals surface area contributed by atoms with Crippen LogP contribution in [0.15, 0.2) is 101 Å². The number of Topliss-reactive ketones (excluding diaryl/α,β-unsaturated/α-hetero) is 1. The van der Waals surface area contributed by atoms with E-state index in [9.17, 15) is 55.2 Å². The van der Waals surface area contributed by atoms with Crippen LogP contribution >= 0.6 is 0 Å². The van der Waals surface area contributed by atoms with E-state index in [-0.39, 0.29) is 24.1 Å². The van der Waals surface area contributed by atoms with Crippen LogP contribution in [0.2, 0.25) is 0 Å². The molecule has 0 unspecified atom stereocenters. The molecule has 9 N–H and O–H groups in total. The van der Waals surface area contributed by atoms with Crippen molar-refractivity contribution >= 4 is 11.7 Å². The molecule has 1 aromatic rings. The molecular weight excluding hydrogens is 1040 g/mol. The molecule has 1 aromatic heterocycles. The fourth-order valence-electron chi connectivity index (χ4n) is 10.7. The van der Waals surface area contributed by atoms with Crippen LogP contribution < -0.4 is 10.9 Å². The van der Waals surface area contributed by atoms with Crippen LogP contribution in [0, 0.1) is 17.3 Å². The van der Waals surface area contributed by atoms with Gasteiger partial charge in [-0.1, -0.05) is 101 Å². The Labute approximate surface area is 468 Å². The van der Waals surface area contributed by atoms with E-state index in [1.807, 2.05) is 20.8 Å². The topological polar surface area (TPSA) is 313 Å². The molecule has 22 heteroatoms. The van der Waals surface area contributed by atoms with Gasteiger partial charge >= 0.3 is 0 Å². The molecule has 0 aliphatic carbocycles. The number of ketones is 1. The summed E-state index contributed by atoms with van der Waals surface area (Å²) in [7, 11) is 5.66. The van der Waals surface area contributed by atoms with Crippen molar-refractivity contribution in [2.24, 2.45) is 24.3 Å². The number of nitrogens with one attached hydrogen (secondary N) is 1. The minimum Gasteiger partial charge on any atom is -0.507 e. The number of aromatic hydroxyl groups is 1. The number of aromatic nitrogens is 1. The predicted octanol–water partition coefficient (Wildman–Crippen LogP) is 2.10. The van der Waals surface area contributed by atoms with Crippen molar-refractivity contribution in [3.05, 3.63) is 112 Å². The van der Waals surface area contributed by atoms with Crippen molar-refractivity contribution in [2.45, 2.75) is 185 Å². The zero-order valence-electron chi connectivity index (χ0n) is 48.0. The van der Waals surface area contributed by atoms with Gasteiger partial charge in [0.05, 0.1) is 42.5 Å². The molecule has 5 heterocycles. The number of rotatable bonds is 23. The summed E-state index contributed by atoms with van der Waals surface area (Å²) in [6.07, 6.45) is 0.381. The summed E-state index contributed by atoms with van der Waals surface area (Å²) in [4.78, 5) is 39.4. The molecule has 448 valence electrons. The van der Waals surface area contributed by atoms with Gasteiger partial charge in [-0.05, 0) is 58.3 Å². The summed E-state index contributed by atoms with van der Waals surface area (Å²) in [5.74, 6) is -6.04. The third-order valence-electron chi connectivity index (χ3n) is 15.6. The number of hydrogen-bond acceptors (Lipinski definition) is 20. The number of aliphatic hydroxyl groups excluding tert-OH is 6. The Morgan fingerprint density at radius 3 is 2.11 bits per heavy atom. The Morgan fingerprint density at radius 2 is 1.48 bits per heavy atom. The van der Waals surface area contributed by atoms with Crippen molar-refractivity contribution in [2.75, 3.05) is 27.9 Å². The Kier molecular flexibility index (Phi) is 24.1. The molecule has 0 aromatic carbocycles. The summed E-state index contributed by atoms with van der Waals surface area (Å²) in [6.45, 7) is 15.3. The Morgan fingerprint density at radius 1 is 0.812 bits per heavy atom. The van der Waals surface area contributed by atoms with E-state index in [0.29, 0.717) is 0 Å². The van der Waals surface area contributed by atoms with E-state index in [4.69, 9.17) is 42.6 Å². The van der Waals surface area contributed by atoms with Crippen molar-refractivity contribution in [1.29, 1.82) is 0 Å². The SMILES string of the molecule is C/C=C\C=C\[C@@H]1O[C@](O)([C@@H](CC)C(=O)NC/C=C/C=C(\C)[C@H](OC)[C@H](C)[C@@H]2O[C@H](/C=C/C=C/C=C(\C)C(=O)c3c(O)ccn(C)c3=O)[C@H](O)[C@H]2O)[C@H](O)[C@H](O[C@H]2O[C@@H](C)[C@H](O[C@@H]3O[C@@H](C)[C@H](O)[C@@H](O)[C@H]3OC)[C@H](OC)[C@@H]2O)C1(C)C. The standard InChI is InChI=1S/C58H86N2O20/c1-14-16-18-26-38-57(8,9)52(79-55-45(67)49(73-12)48(34(7)76-55)78-56-50(74-13)43(65)41(63)33(6)75-56)51(68)58(71,80-38)35(15-2)53(69)59-28-22-21-24-31(4)46(72-11)32(5)47-44(66)42(64)37(77-47)25-20-17-19-23-30(3)40(62)39-36(61)27-29-60(10)54(39)70/h14,16-27,29,32-35,37-38,41-52,55-56,61,63-68,71H,15,28H2,1-13H3,(H,59,69)/b16-14-,19-17+,22-21+,25-20+,26-18+,30-23+,31-24+/t32-,33-,34-,35-,37+,38-,41-,42-,43+,44+,45-,46-,47-,48-,49+,50+,51+,52-,55+,56-,58+/m0/s1. The first-order chi connectivity index (χ1) is 37.8. The van der Waals surface area contributed by atoms with Gasteiger partial charge in [0, 0.05) is 52.5 Å². The van der Waals surface area contributed by atoms with Crippen LogP contribution in [-0.4, -0.2) is 201 Å². The highest BCUT2D eigenvalue weighted by molar-refractivity contribution is 6.09. The lowest BCUT2D eigenvalue weighted by Gasteiger charge is -2.55. The highest BCUT2D eigenvalue weighted by Crippen LogP contribution is 2.47. The number of carbonyl (C=O) groups is 2. The largest absolute Gasteiger partial charge is 0.507 e. The highest BCUT2D eigenvalue weighted by Gasteiger charge is 2.63. The molecule has 0 saturated carbocycles. The van der Waals surface area contributed by atoms with Crippen molar-refractivity contribution in [1.82, 2.24) is 9.88 Å². The molecule has 4 aliphatic rings. The fraction of sp³-hybridized carbons (Fsp3) is 0.638. The number of carbonyl (C=O) groups excluding carboxylic acids is 2. The first-order valence-electron chi connectivity index (χ1n) is 27.0. The maximum absolute atomic E-state index is 14.1. The lowest BCUT2D eigenvalue weighted by molar-refractivity contribution is -0.399. The van der Waals surface area contributed by atoms with Crippen LogP contribution in [-0.2, 0) is 54.5 Å². The summed E-state index contributed by atoms with van der Waals surface area (Å²) in [5, 5.41) is 92.6. The minimum atomic E-state index is -2.54. The van der Waals surface area contributed by atoms with Gasteiger partial charge in [0.25, 0.3) is 5.56 Å². The molecule has 0 spiro atoms. The van der Waals surface area contributed by atoms with E-state index < -0.39 is 156 Å². The van der Waals surface area contributed by atoms with Gasteiger partial charge in [0.15, 0.2) is 18.4 Å². The van der Waals surface area contributed by atoms with Gasteiger partial charge < -0.3 is 93.4 Å². The van der Waals surface area contributed by atoms with Gasteiger partial charge in [-0.15, -0.1) is 0 Å². The average Bonchev–Trinajstić information content (AvgIpc) is 3.84. The maximum Gasteiger partial charge on any atom is 0.265 e. The Balaban J connectivity index is 1.23. The first-order valence-corrected chi connectivity index (χ1v) is 27.0. The number of hydrogen-bond donors (Lipinski definition) is 9. The van der Waals surface area contributed by atoms with Crippen LogP contribution in [0.4, 0.5) is 0 Å². The predicted molar refractivity (Wildman–Crippen MR) is 292 cm³/mol. The van der Waals surface area contributed by atoms with Crippen LogP contribution in [0.3, 0.4) is 0 Å². The zero-order chi connectivity index (χ0) is 59.6. The first kappa shape index (κ1) is 66.2. The molecule has 22 nitrogen and oxygen atoms in total. The number of nitrogens with zero attached hydrogens (tertiary/aromatic N) is 1. The number of amides is 1. The molecule has 0 radical (unpaired) electrons. The minimum absolute atomic E-state index is 0.00697. The smallest absolute Gasteiger partial charge is 0.265 e. The number of ether oxygens (including phenoxy) is 9. The monoisotopic (exact) mass is 1130 g/mol. The Hall–Kier alpha value is -4.57. The molecule has 4 aliphatic heterocycles. The molecule has 4 fully saturated rings. The van der Waals surface area contributed by atoms with Crippen LogP contribution in [0.1, 0.15) is 79.1 Å². The number of pyridine rings is 1. The van der Waals surface area contributed by atoms with Gasteiger partial charge in [0.1, 0.15) is 72.4 Å². The van der Waals surface area contributed by atoms with Crippen molar-refractivity contribution in [3.8, 4) is 5.75 Å². The molecular formula is C58H86N2O20. The summed E-state index contributed by atoms with van der Waals surface area (Å²) >= 11 is 0. The molecule has 0 bridgehead atoms. The fourth-order valence-corrected chi connectivity index (χ4v) is 10.7. The maximum atomic E-state index is 14.1. The molecule has 5 rings (SSSR count). The van der Waals surface area contributed by atoms with E-state index in [1.165, 1.54) is 58.2 Å². The second-order valence-corrected chi connectivity index (χ2v) is 21.5. The van der Waals surface area contributed by atoms with Gasteiger partial charge in [-0.3, -0.25) is 14.4 Å². The van der Waals surface area contributed by atoms with Crippen molar-refractivity contribution < 1.29 is 93.1 Å². The van der Waals surface area contributed by atoms with Crippen LogP contribution in [0.5, 0.6) is 5.75 Å². The lowest BCUT2D eigenvalue weighted by atomic mass is 9.70. The third kappa shape index (κ3) is 14.6. The second kappa shape index (κ2) is 29.1. The van der Waals surface area contributed by atoms with Gasteiger partial charge in [-0.25, -0.2) is 0 Å². The van der Waals surface area contributed by atoms with E-state index in [0.717, 1.165) is 5.57 Å². The van der Waals surface area contributed by atoms with E-state index in [2.05, 4.69) is 5.32 Å². The summed E-state index contributed by atoms with van der Waals surface area (Å²) in [6, 6.07) is 1.27. The van der Waals surface area contributed by atoms with Crippen molar-refractivity contribution in [3.63, 3.8) is 0 Å². The van der Waals surface area contributed by atoms with E-state index >= 15 is 0 Å². The lowest BCUT2D eigenvalue weighted by Crippen LogP contribution is -2.71. The molecule has 4 saturated heterocycles. The van der Waals surface area contributed by atoms with Gasteiger partial charge in [0.2, 0.25) is 11.7 Å². The second-order valence-electron chi connectivity index (χ2n) is 21.5. The number of methoxy groups -OCH3 is 3. The quantitative estimate of drug-likeness (QED) is 0.0431. The number of aliphatic hydroxyl groups is 7. The molecule has 21 atom stereocenters. The third-order valence-corrected chi connectivity index (χ3v) is 15.6. The average molecular weight is 1130 g/mol. The summed E-state index contributed by atoms with van der Waals surface area (Å²) < 4.78 is 55.4. The van der Waals surface area contributed by atoms with Gasteiger partial charge in [-0.2, -0.15) is 0 Å². The van der Waals surface area contributed by atoms with E-state index in [1.54, 1.807) is 101 Å². The molecule has 80 heavy (non-hydrogen) atoms. The number of aryl methyl sites for hydroxylation is 1. The summed E-state index contributed by atoms with van der Waals surface area (Å²) in [5.41, 5.74) is -1.16. The zero-order valence-corrected chi connectivity index (χ0v) is 48.0. The number of allylic oxidation sites excluding steroid dienone is 10. The Bertz CT molecular complexity index is 2500. The molecule has 1 amide bonds. The highest BCUT2D eigenvalue weighted by atomic mass is 16.8.